The molecule has 0 bridgehead atoms. The lowest BCUT2D eigenvalue weighted by atomic mass is 9.91. The van der Waals surface area contributed by atoms with Crippen LogP contribution in [0, 0.1) is 0 Å². The Balaban J connectivity index is 6.78. The van der Waals surface area contributed by atoms with Crippen molar-refractivity contribution >= 4 is 23.6 Å². The Morgan fingerprint density at radius 1 is 0.441 bits per heavy atom. The van der Waals surface area contributed by atoms with E-state index in [1.807, 2.05) is 0 Å². The summed E-state index contributed by atoms with van der Waals surface area (Å²) in [6, 6.07) is 0. The molecule has 0 fully saturated rings. The highest BCUT2D eigenvalue weighted by atomic mass is 35.5. The molecule has 34 heavy (non-hydrogen) atoms. The smallest absolute Gasteiger partial charge is 0.325 e. The lowest BCUT2D eigenvalue weighted by molar-refractivity contribution is -0.503. The summed E-state index contributed by atoms with van der Waals surface area (Å²) in [6.45, 7) is 0. The Bertz CT molecular complexity index is 744. The topological polar surface area (TPSA) is 29.5 Å². The minimum Gasteiger partial charge on any atom is -0.325 e. The van der Waals surface area contributed by atoms with Crippen molar-refractivity contribution in [3.05, 3.63) is 0 Å². The van der Waals surface area contributed by atoms with E-state index in [1.165, 1.54) is 4.74 Å². The second-order valence-corrected chi connectivity index (χ2v) is 6.86. The zero-order valence-corrected chi connectivity index (χ0v) is 15.8. The minimum atomic E-state index is -8.99. The van der Waals surface area contributed by atoms with E-state index in [4.69, 9.17) is 4.55 Å². The van der Waals surface area contributed by atoms with Crippen LogP contribution in [-0.4, -0.2) is 62.9 Å². The summed E-state index contributed by atoms with van der Waals surface area (Å²) in [5.74, 6) is -52.1. The monoisotopic (exact) mass is 600 g/mol. The van der Waals surface area contributed by atoms with Crippen LogP contribution in [0.3, 0.4) is 0 Å². The van der Waals surface area contributed by atoms with Gasteiger partial charge in [0.1, 0.15) is 0 Å². The van der Waals surface area contributed by atoms with Crippen LogP contribution in [0.4, 0.5) is 87.8 Å². The van der Waals surface area contributed by atoms with E-state index in [9.17, 15) is 87.8 Å². The van der Waals surface area contributed by atoms with Gasteiger partial charge in [-0.2, -0.15) is 87.8 Å². The third-order valence-electron chi connectivity index (χ3n) is 3.40. The number of ether oxygens (including phenoxy) is 1. The summed E-state index contributed by atoms with van der Waals surface area (Å²) in [5, 5.41) is -13.5. The fourth-order valence-corrected chi connectivity index (χ4v) is 1.75. The van der Waals surface area contributed by atoms with Crippen LogP contribution in [0.2, 0.25) is 0 Å². The molecule has 0 saturated heterocycles. The number of rotatable bonds is 11. The largest absolute Gasteiger partial charge is 0.436 e. The van der Waals surface area contributed by atoms with Crippen LogP contribution in [0.15, 0.2) is 0 Å². The molecule has 0 heterocycles. The van der Waals surface area contributed by atoms with Crippen molar-refractivity contribution in [1.82, 2.24) is 0 Å². The molecule has 0 aliphatic rings. The molecule has 0 aromatic heterocycles. The molecule has 0 radical (unpaired) electrons. The molecule has 206 valence electrons. The Kier molecular flexibility index (Phi) is 8.14. The van der Waals surface area contributed by atoms with E-state index < -0.39 is 70.4 Å². The minimum absolute atomic E-state index is 1.26. The zero-order chi connectivity index (χ0) is 28.4. The van der Waals surface area contributed by atoms with Gasteiger partial charge in [-0.3, -0.25) is 0 Å². The Hall–Kier alpha value is -0.840. The highest BCUT2D eigenvalue weighted by Gasteiger charge is 2.95. The van der Waals surface area contributed by atoms with Crippen LogP contribution in [-0.2, 0) is 4.74 Å². The van der Waals surface area contributed by atoms with Crippen molar-refractivity contribution in [2.24, 2.45) is 0 Å². The number of alkyl halides is 21. The van der Waals surface area contributed by atoms with Crippen molar-refractivity contribution in [3.8, 4) is 0 Å². The van der Waals surface area contributed by atoms with Gasteiger partial charge in [-0.25, -0.2) is 4.74 Å². The van der Waals surface area contributed by atoms with E-state index in [-0.39, 0.29) is 0 Å². The van der Waals surface area contributed by atoms with Gasteiger partial charge in [0.25, 0.3) is 0 Å². The van der Waals surface area contributed by atoms with Crippen LogP contribution >= 0.6 is 23.6 Å². The van der Waals surface area contributed by atoms with Crippen LogP contribution in [0.25, 0.3) is 0 Å². The van der Waals surface area contributed by atoms with Crippen molar-refractivity contribution in [2.45, 2.75) is 58.4 Å². The lowest BCUT2D eigenvalue weighted by Gasteiger charge is -2.43. The average molecular weight is 601 g/mol. The van der Waals surface area contributed by atoms with Gasteiger partial charge in [0, 0.05) is 0 Å². The molecule has 0 aromatic carbocycles. The van der Waals surface area contributed by atoms with Crippen LogP contribution in [0.1, 0.15) is 0 Å². The summed E-state index contributed by atoms with van der Waals surface area (Å²) in [7, 11) is 0. The summed E-state index contributed by atoms with van der Waals surface area (Å²) in [5.41, 5.74) is 0. The number of hydrogen-bond donors (Lipinski definition) is 1. The predicted octanol–water partition coefficient (Wildman–Crippen LogP) is 7.63. The number of hydrogen-bond acceptors (Lipinski definition) is 3. The van der Waals surface area contributed by atoms with Gasteiger partial charge >= 0.3 is 58.4 Å². The normalized spacial score (nSPS) is 16.8. The third-order valence-corrected chi connectivity index (χ3v) is 4.11. The van der Waals surface area contributed by atoms with E-state index in [2.05, 4.69) is 11.6 Å². The SMILES string of the molecule is OSC(F)(F)C(F)(F)OC(F)(F)C(F)(F)C(F)(F)C(F)(F)C(F)(F)C(F)(F)C(F)(F)C(F)(F)Cl. The highest BCUT2D eigenvalue weighted by molar-refractivity contribution is 7.94. The van der Waals surface area contributed by atoms with E-state index >= 15 is 0 Å². The fourth-order valence-electron chi connectivity index (χ4n) is 1.49. The van der Waals surface area contributed by atoms with Gasteiger partial charge in [0.2, 0.25) is 0 Å². The van der Waals surface area contributed by atoms with Crippen LogP contribution in [0.5, 0.6) is 0 Å². The van der Waals surface area contributed by atoms with E-state index in [0.717, 1.165) is 0 Å². The summed E-state index contributed by atoms with van der Waals surface area (Å²) < 4.78 is 268. The first kappa shape index (κ1) is 33.2. The average Bonchev–Trinajstić information content (AvgIpc) is 2.58. The summed E-state index contributed by atoms with van der Waals surface area (Å²) >= 11 is 0.780. The van der Waals surface area contributed by atoms with Crippen molar-refractivity contribution in [3.63, 3.8) is 0 Å². The molecule has 1 N–H and O–H groups in total. The zero-order valence-electron chi connectivity index (χ0n) is 14.2. The molecule has 0 rings (SSSR count). The molecule has 24 heteroatoms. The molecule has 0 atom stereocenters. The first-order valence-electron chi connectivity index (χ1n) is 6.76. The van der Waals surface area contributed by atoms with Crippen molar-refractivity contribution in [2.75, 3.05) is 0 Å². The van der Waals surface area contributed by atoms with Gasteiger partial charge < -0.3 is 4.55 Å². The second-order valence-electron chi connectivity index (χ2n) is 5.69. The lowest BCUT2D eigenvalue weighted by Crippen LogP contribution is -2.74. The molecular weight excluding hydrogens is 600 g/mol. The van der Waals surface area contributed by atoms with Gasteiger partial charge in [-0.1, -0.05) is 0 Å². The molecule has 0 amide bonds. The fraction of sp³-hybridized carbons (Fsp3) is 1.00. The number of halogens is 21. The molecule has 0 unspecified atom stereocenters. The predicted molar refractivity (Wildman–Crippen MR) is 66.6 cm³/mol. The first-order valence-corrected chi connectivity index (χ1v) is 7.91. The Labute approximate surface area is 180 Å². The van der Waals surface area contributed by atoms with Gasteiger partial charge in [0.15, 0.2) is 0 Å². The van der Waals surface area contributed by atoms with Crippen LogP contribution < -0.4 is 0 Å². The van der Waals surface area contributed by atoms with Gasteiger partial charge in [-0.15, -0.1) is 0 Å². The summed E-state index contributed by atoms with van der Waals surface area (Å²) in [6.07, 6.45) is -15.4. The maximum atomic E-state index is 13.3. The molecule has 0 spiro atoms. The highest BCUT2D eigenvalue weighted by Crippen LogP contribution is 2.64. The van der Waals surface area contributed by atoms with Crippen molar-refractivity contribution in [1.29, 1.82) is 0 Å². The van der Waals surface area contributed by atoms with Gasteiger partial charge in [0.05, 0.1) is 12.0 Å². The molecule has 0 aliphatic heterocycles. The second kappa shape index (κ2) is 8.35. The van der Waals surface area contributed by atoms with Crippen molar-refractivity contribution < 1.29 is 97.1 Å². The first-order chi connectivity index (χ1) is 14.3. The molecule has 2 nitrogen and oxygen atoms in total. The Morgan fingerprint density at radius 2 is 0.706 bits per heavy atom. The Morgan fingerprint density at radius 3 is 0.971 bits per heavy atom. The quantitative estimate of drug-likeness (QED) is 0.150. The maximum absolute atomic E-state index is 13.3. The molecular formula is C10HClF20O2S. The summed E-state index contributed by atoms with van der Waals surface area (Å²) in [4.78, 5) is 0. The van der Waals surface area contributed by atoms with E-state index in [1.54, 1.807) is 0 Å². The molecule has 0 saturated carbocycles. The molecule has 0 aromatic rings. The van der Waals surface area contributed by atoms with E-state index in [0.29, 0.717) is 0 Å². The van der Waals surface area contributed by atoms with Gasteiger partial charge in [-0.05, 0) is 11.6 Å². The standard InChI is InChI=1S/C10HClF20O2S/c11-7(24,25)5(20,21)3(16,17)1(12,13)2(14,15)4(18,19)6(22,23)8(26,27)33-9(28,29)10(30,31)34-32/h32H. The maximum Gasteiger partial charge on any atom is 0.436 e. The third kappa shape index (κ3) is 4.41. The molecule has 0 aliphatic carbocycles.